The number of hydrogen-bond acceptors (Lipinski definition) is 3. The molecular formula is C14H15N3O3. The van der Waals surface area contributed by atoms with Gasteiger partial charge in [0.15, 0.2) is 0 Å². The number of rotatable bonds is 2. The fourth-order valence-electron chi connectivity index (χ4n) is 2.61. The van der Waals surface area contributed by atoms with Gasteiger partial charge in [-0.2, -0.15) is 5.10 Å². The van der Waals surface area contributed by atoms with E-state index >= 15 is 0 Å². The lowest BCUT2D eigenvalue weighted by atomic mass is 9.97. The van der Waals surface area contributed by atoms with Crippen LogP contribution in [0.3, 0.4) is 0 Å². The van der Waals surface area contributed by atoms with E-state index in [0.29, 0.717) is 6.42 Å². The number of carbonyl (C=O) groups is 1. The minimum absolute atomic E-state index is 0.189. The van der Waals surface area contributed by atoms with Gasteiger partial charge in [0.25, 0.3) is 0 Å². The van der Waals surface area contributed by atoms with Crippen LogP contribution in [0, 0.1) is 0 Å². The second kappa shape index (κ2) is 4.97. The summed E-state index contributed by atoms with van der Waals surface area (Å²) in [6.07, 6.45) is -0.562. The summed E-state index contributed by atoms with van der Waals surface area (Å²) in [6, 6.07) is 9.24. The fourth-order valence-corrected chi connectivity index (χ4v) is 2.61. The summed E-state index contributed by atoms with van der Waals surface area (Å²) in [6.45, 7) is 0.0576. The van der Waals surface area contributed by atoms with Gasteiger partial charge in [-0.05, 0) is 0 Å². The number of aromatic nitrogens is 2. The summed E-state index contributed by atoms with van der Waals surface area (Å²) >= 11 is 0. The molecule has 104 valence electrons. The lowest BCUT2D eigenvalue weighted by Crippen LogP contribution is -2.45. The molecule has 3 rings (SSSR count). The molecule has 1 atom stereocenters. The number of H-pyrrole nitrogens is 1. The quantitative estimate of drug-likeness (QED) is 0.773. The molecule has 0 bridgehead atoms. The minimum atomic E-state index is -1.02. The molecule has 6 heteroatoms. The number of benzene rings is 1. The minimum Gasteiger partial charge on any atom is -0.465 e. The number of carboxylic acid groups (broad SMARTS) is 1. The van der Waals surface area contributed by atoms with E-state index in [1.165, 1.54) is 4.90 Å². The molecule has 1 aliphatic rings. The summed E-state index contributed by atoms with van der Waals surface area (Å²) in [5.74, 6) is 0. The third-order valence-corrected chi connectivity index (χ3v) is 3.67. The van der Waals surface area contributed by atoms with Crippen LogP contribution in [0.5, 0.6) is 0 Å². The van der Waals surface area contributed by atoms with Crippen molar-refractivity contribution in [2.24, 2.45) is 0 Å². The third-order valence-electron chi connectivity index (χ3n) is 3.67. The predicted octanol–water partition coefficient (Wildman–Crippen LogP) is 1.47. The summed E-state index contributed by atoms with van der Waals surface area (Å²) in [5, 5.41) is 25.8. The van der Waals surface area contributed by atoms with E-state index in [1.807, 2.05) is 30.3 Å². The molecule has 0 aliphatic carbocycles. The van der Waals surface area contributed by atoms with E-state index < -0.39 is 12.1 Å². The van der Waals surface area contributed by atoms with Gasteiger partial charge < -0.3 is 10.2 Å². The van der Waals surface area contributed by atoms with Gasteiger partial charge in [-0.1, -0.05) is 30.3 Å². The topological polar surface area (TPSA) is 89.5 Å². The number of aliphatic hydroxyl groups is 1. The van der Waals surface area contributed by atoms with Crippen molar-refractivity contribution in [3.05, 3.63) is 41.6 Å². The average molecular weight is 273 g/mol. The Bertz CT molecular complexity index is 624. The molecule has 1 amide bonds. The van der Waals surface area contributed by atoms with Crippen LogP contribution >= 0.6 is 0 Å². The second-order valence-corrected chi connectivity index (χ2v) is 4.85. The Kier molecular flexibility index (Phi) is 3.15. The van der Waals surface area contributed by atoms with Crippen molar-refractivity contribution < 1.29 is 15.0 Å². The SMILES string of the molecule is O=C(O)N1Cc2c(-c3ccccc3)n[nH]c2CC1CO. The predicted molar refractivity (Wildman–Crippen MR) is 72.2 cm³/mol. The number of aliphatic hydroxyl groups excluding tert-OH is 1. The largest absolute Gasteiger partial charge is 0.465 e. The van der Waals surface area contributed by atoms with Crippen LogP contribution in [-0.4, -0.2) is 44.1 Å². The maximum Gasteiger partial charge on any atom is 0.407 e. The van der Waals surface area contributed by atoms with Gasteiger partial charge in [-0.3, -0.25) is 10.00 Å². The van der Waals surface area contributed by atoms with Gasteiger partial charge in [0.05, 0.1) is 24.9 Å². The molecule has 1 aliphatic heterocycles. The highest BCUT2D eigenvalue weighted by Gasteiger charge is 2.32. The lowest BCUT2D eigenvalue weighted by Gasteiger charge is -2.32. The average Bonchev–Trinajstić information content (AvgIpc) is 2.89. The molecule has 0 radical (unpaired) electrons. The monoisotopic (exact) mass is 273 g/mol. The number of nitrogens with zero attached hydrogens (tertiary/aromatic N) is 2. The number of amides is 1. The van der Waals surface area contributed by atoms with Gasteiger partial charge in [0.2, 0.25) is 0 Å². The molecule has 20 heavy (non-hydrogen) atoms. The van der Waals surface area contributed by atoms with E-state index in [9.17, 15) is 15.0 Å². The number of aromatic amines is 1. The van der Waals surface area contributed by atoms with Crippen LogP contribution in [0.25, 0.3) is 11.3 Å². The van der Waals surface area contributed by atoms with E-state index in [4.69, 9.17) is 0 Å². The summed E-state index contributed by atoms with van der Waals surface area (Å²) < 4.78 is 0. The Morgan fingerprint density at radius 1 is 1.40 bits per heavy atom. The van der Waals surface area contributed by atoms with Crippen LogP contribution < -0.4 is 0 Å². The maximum absolute atomic E-state index is 11.3. The summed E-state index contributed by atoms with van der Waals surface area (Å²) in [4.78, 5) is 12.6. The molecule has 1 aromatic carbocycles. The molecule has 1 aromatic heterocycles. The summed E-state index contributed by atoms with van der Waals surface area (Å²) in [7, 11) is 0. The van der Waals surface area contributed by atoms with Crippen LogP contribution in [-0.2, 0) is 13.0 Å². The van der Waals surface area contributed by atoms with E-state index in [-0.39, 0.29) is 13.2 Å². The van der Waals surface area contributed by atoms with Crippen molar-refractivity contribution >= 4 is 6.09 Å². The lowest BCUT2D eigenvalue weighted by molar-refractivity contribution is 0.0871. The molecule has 0 fully saturated rings. The van der Waals surface area contributed by atoms with Gasteiger partial charge >= 0.3 is 6.09 Å². The van der Waals surface area contributed by atoms with Crippen molar-refractivity contribution in [1.29, 1.82) is 0 Å². The Morgan fingerprint density at radius 3 is 2.80 bits per heavy atom. The first-order chi connectivity index (χ1) is 9.70. The number of fused-ring (bicyclic) bond motifs is 1. The molecule has 2 heterocycles. The van der Waals surface area contributed by atoms with Crippen LogP contribution in [0.2, 0.25) is 0 Å². The van der Waals surface area contributed by atoms with E-state index in [2.05, 4.69) is 10.2 Å². The highest BCUT2D eigenvalue weighted by molar-refractivity contribution is 5.69. The molecule has 6 nitrogen and oxygen atoms in total. The van der Waals surface area contributed by atoms with Gasteiger partial charge in [-0.25, -0.2) is 4.79 Å². The Balaban J connectivity index is 2.01. The van der Waals surface area contributed by atoms with Crippen LogP contribution in [0.4, 0.5) is 4.79 Å². The number of hydrogen-bond donors (Lipinski definition) is 3. The highest BCUT2D eigenvalue weighted by atomic mass is 16.4. The molecule has 0 spiro atoms. The van der Waals surface area contributed by atoms with Crippen LogP contribution in [0.15, 0.2) is 30.3 Å². The van der Waals surface area contributed by atoms with Crippen molar-refractivity contribution in [2.75, 3.05) is 6.61 Å². The molecule has 3 N–H and O–H groups in total. The van der Waals surface area contributed by atoms with Crippen molar-refractivity contribution in [2.45, 2.75) is 19.0 Å². The molecular weight excluding hydrogens is 258 g/mol. The first-order valence-corrected chi connectivity index (χ1v) is 6.42. The zero-order chi connectivity index (χ0) is 14.1. The first-order valence-electron chi connectivity index (χ1n) is 6.42. The summed E-state index contributed by atoms with van der Waals surface area (Å²) in [5.41, 5.74) is 3.53. The maximum atomic E-state index is 11.3. The van der Waals surface area contributed by atoms with Gasteiger partial charge in [0.1, 0.15) is 0 Å². The first kappa shape index (κ1) is 12.7. The molecule has 2 aromatic rings. The van der Waals surface area contributed by atoms with Gasteiger partial charge in [0, 0.05) is 23.2 Å². The van der Waals surface area contributed by atoms with E-state index in [0.717, 1.165) is 22.5 Å². The normalized spacial score (nSPS) is 17.9. The van der Waals surface area contributed by atoms with Crippen molar-refractivity contribution in [1.82, 2.24) is 15.1 Å². The molecule has 0 saturated carbocycles. The third kappa shape index (κ3) is 2.04. The Morgan fingerprint density at radius 2 is 2.15 bits per heavy atom. The standard InChI is InChI=1S/C14H15N3O3/c18-8-10-6-12-11(7-17(10)14(19)20)13(16-15-12)9-4-2-1-3-5-9/h1-5,10,18H,6-8H2,(H,15,16)(H,19,20). The van der Waals surface area contributed by atoms with Crippen LogP contribution in [0.1, 0.15) is 11.3 Å². The van der Waals surface area contributed by atoms with Crippen molar-refractivity contribution in [3.63, 3.8) is 0 Å². The molecule has 0 saturated heterocycles. The Hall–Kier alpha value is -2.34. The highest BCUT2D eigenvalue weighted by Crippen LogP contribution is 2.30. The van der Waals surface area contributed by atoms with Crippen molar-refractivity contribution in [3.8, 4) is 11.3 Å². The van der Waals surface area contributed by atoms with Gasteiger partial charge in [-0.15, -0.1) is 0 Å². The zero-order valence-corrected chi connectivity index (χ0v) is 10.8. The Labute approximate surface area is 115 Å². The smallest absolute Gasteiger partial charge is 0.407 e. The molecule has 1 unspecified atom stereocenters. The zero-order valence-electron chi connectivity index (χ0n) is 10.8. The van der Waals surface area contributed by atoms with E-state index in [1.54, 1.807) is 0 Å². The fraction of sp³-hybridized carbons (Fsp3) is 0.286. The second-order valence-electron chi connectivity index (χ2n) is 4.85. The number of nitrogens with one attached hydrogen (secondary N) is 1.